The fourth-order valence-corrected chi connectivity index (χ4v) is 3.73. The highest BCUT2D eigenvalue weighted by Crippen LogP contribution is 2.35. The van der Waals surface area contributed by atoms with Crippen LogP contribution < -0.4 is 5.32 Å². The lowest BCUT2D eigenvalue weighted by Crippen LogP contribution is -2.19. The van der Waals surface area contributed by atoms with Crippen LogP contribution in [0.15, 0.2) is 36.5 Å². The van der Waals surface area contributed by atoms with E-state index in [2.05, 4.69) is 41.5 Å². The first-order valence-corrected chi connectivity index (χ1v) is 7.82. The average molecular weight is 291 g/mol. The Kier molecular flexibility index (Phi) is 3.67. The highest BCUT2D eigenvalue weighted by molar-refractivity contribution is 7.98. The number of pyridine rings is 1. The molecule has 1 aromatic carbocycles. The number of hydrogen-bond donors (Lipinski definition) is 1. The fraction of sp³-hybridized carbons (Fsp3) is 0.267. The molecule has 0 radical (unpaired) electrons. The van der Waals surface area contributed by atoms with Crippen LogP contribution >= 0.6 is 23.4 Å². The van der Waals surface area contributed by atoms with Gasteiger partial charge in [0, 0.05) is 17.7 Å². The third-order valence-corrected chi connectivity index (χ3v) is 4.77. The smallest absolute Gasteiger partial charge is 0.152 e. The summed E-state index contributed by atoms with van der Waals surface area (Å²) in [7, 11) is 0. The van der Waals surface area contributed by atoms with Gasteiger partial charge in [-0.3, -0.25) is 0 Å². The molecule has 2 aromatic rings. The molecule has 3 rings (SSSR count). The normalized spacial score (nSPS) is 17.9. The molecular weight excluding hydrogens is 276 g/mol. The van der Waals surface area contributed by atoms with Gasteiger partial charge in [0.15, 0.2) is 5.15 Å². The van der Waals surface area contributed by atoms with Crippen LogP contribution in [0, 0.1) is 6.92 Å². The van der Waals surface area contributed by atoms with Crippen LogP contribution in [0.1, 0.15) is 22.7 Å². The minimum atomic E-state index is 0.301. The number of benzene rings is 1. The molecule has 0 spiro atoms. The summed E-state index contributed by atoms with van der Waals surface area (Å²) in [5.41, 5.74) is 4.87. The van der Waals surface area contributed by atoms with Crippen molar-refractivity contribution in [1.29, 1.82) is 0 Å². The number of hydrogen-bond acceptors (Lipinski definition) is 3. The summed E-state index contributed by atoms with van der Waals surface area (Å²) in [6, 6.07) is 10.9. The van der Waals surface area contributed by atoms with Crippen molar-refractivity contribution < 1.29 is 0 Å². The van der Waals surface area contributed by atoms with E-state index in [4.69, 9.17) is 11.6 Å². The molecule has 0 aliphatic carbocycles. The molecular formula is C15H15ClN2S. The van der Waals surface area contributed by atoms with Crippen LogP contribution in [-0.4, -0.2) is 10.7 Å². The molecule has 0 saturated heterocycles. The zero-order valence-electron chi connectivity index (χ0n) is 10.7. The van der Waals surface area contributed by atoms with Crippen molar-refractivity contribution in [2.45, 2.75) is 18.7 Å². The monoisotopic (exact) mass is 290 g/mol. The lowest BCUT2D eigenvalue weighted by Gasteiger charge is -2.27. The molecule has 0 amide bonds. The van der Waals surface area contributed by atoms with Crippen molar-refractivity contribution in [1.82, 2.24) is 4.98 Å². The first kappa shape index (κ1) is 12.8. The number of rotatable bonds is 2. The Morgan fingerprint density at radius 1 is 1.32 bits per heavy atom. The fourth-order valence-electron chi connectivity index (χ4n) is 2.37. The van der Waals surface area contributed by atoms with E-state index in [1.54, 1.807) is 6.20 Å². The number of fused-ring (bicyclic) bond motifs is 1. The zero-order valence-corrected chi connectivity index (χ0v) is 12.3. The quantitative estimate of drug-likeness (QED) is 0.828. The van der Waals surface area contributed by atoms with Gasteiger partial charge in [0.2, 0.25) is 0 Å². The predicted octanol–water partition coefficient (Wildman–Crippen LogP) is 4.44. The van der Waals surface area contributed by atoms with Crippen molar-refractivity contribution in [2.24, 2.45) is 0 Å². The van der Waals surface area contributed by atoms with Crippen molar-refractivity contribution >= 4 is 29.1 Å². The van der Waals surface area contributed by atoms with Crippen molar-refractivity contribution in [3.63, 3.8) is 0 Å². The van der Waals surface area contributed by atoms with E-state index in [0.29, 0.717) is 11.2 Å². The number of anilines is 1. The van der Waals surface area contributed by atoms with E-state index in [9.17, 15) is 0 Å². The molecule has 1 aliphatic rings. The third-order valence-electron chi connectivity index (χ3n) is 3.40. The van der Waals surface area contributed by atoms with E-state index in [-0.39, 0.29) is 0 Å². The first-order chi connectivity index (χ1) is 9.25. The Morgan fingerprint density at radius 2 is 2.16 bits per heavy atom. The Morgan fingerprint density at radius 3 is 3.00 bits per heavy atom. The number of nitrogens with zero attached hydrogens (tertiary/aromatic N) is 1. The Labute approximate surface area is 122 Å². The van der Waals surface area contributed by atoms with Crippen LogP contribution in [0.5, 0.6) is 0 Å². The van der Waals surface area contributed by atoms with Gasteiger partial charge in [0.05, 0.1) is 11.7 Å². The second kappa shape index (κ2) is 5.43. The maximum absolute atomic E-state index is 6.20. The number of thioether (sulfide) groups is 1. The predicted molar refractivity (Wildman–Crippen MR) is 83.0 cm³/mol. The summed E-state index contributed by atoms with van der Waals surface area (Å²) in [5.74, 6) is 2.15. The standard InChI is InChI=1S/C15H15ClN2S/c1-10-6-7-17-15(16)14(10)18-13-9-19-8-11-4-2-3-5-12(11)13/h2-7,13,18H,8-9H2,1H3. The van der Waals surface area contributed by atoms with Gasteiger partial charge in [-0.1, -0.05) is 35.9 Å². The van der Waals surface area contributed by atoms with Crippen molar-refractivity contribution in [3.8, 4) is 0 Å². The molecule has 1 aromatic heterocycles. The Balaban J connectivity index is 1.93. The van der Waals surface area contributed by atoms with Gasteiger partial charge in [-0.2, -0.15) is 11.8 Å². The molecule has 4 heteroatoms. The molecule has 1 aliphatic heterocycles. The molecule has 0 saturated carbocycles. The van der Waals surface area contributed by atoms with Crippen LogP contribution in [0.3, 0.4) is 0 Å². The molecule has 2 heterocycles. The maximum atomic E-state index is 6.20. The average Bonchev–Trinajstić information content (AvgIpc) is 2.43. The van der Waals surface area contributed by atoms with Crippen LogP contribution in [0.25, 0.3) is 0 Å². The number of aromatic nitrogens is 1. The van der Waals surface area contributed by atoms with E-state index >= 15 is 0 Å². The third kappa shape index (κ3) is 2.58. The molecule has 98 valence electrons. The summed E-state index contributed by atoms with van der Waals surface area (Å²) in [6.07, 6.45) is 1.74. The number of aryl methyl sites for hydroxylation is 1. The molecule has 0 fully saturated rings. The van der Waals surface area contributed by atoms with E-state index in [1.807, 2.05) is 17.8 Å². The van der Waals surface area contributed by atoms with E-state index in [1.165, 1.54) is 11.1 Å². The Hall–Kier alpha value is -1.19. The summed E-state index contributed by atoms with van der Waals surface area (Å²) in [6.45, 7) is 2.05. The maximum Gasteiger partial charge on any atom is 0.152 e. The van der Waals surface area contributed by atoms with Gasteiger partial charge in [-0.05, 0) is 29.7 Å². The number of nitrogens with one attached hydrogen (secondary N) is 1. The highest BCUT2D eigenvalue weighted by Gasteiger charge is 2.21. The van der Waals surface area contributed by atoms with Gasteiger partial charge >= 0.3 is 0 Å². The lowest BCUT2D eigenvalue weighted by molar-refractivity contribution is 0.867. The zero-order chi connectivity index (χ0) is 13.2. The summed E-state index contributed by atoms with van der Waals surface area (Å²) in [5, 5.41) is 4.11. The molecule has 19 heavy (non-hydrogen) atoms. The molecule has 0 bridgehead atoms. The highest BCUT2D eigenvalue weighted by atomic mass is 35.5. The minimum Gasteiger partial charge on any atom is -0.375 e. The van der Waals surface area contributed by atoms with Crippen LogP contribution in [0.2, 0.25) is 5.15 Å². The second-order valence-corrected chi connectivity index (χ2v) is 6.09. The summed E-state index contributed by atoms with van der Waals surface area (Å²) < 4.78 is 0. The largest absolute Gasteiger partial charge is 0.375 e. The van der Waals surface area contributed by atoms with Gasteiger partial charge in [0.1, 0.15) is 0 Å². The minimum absolute atomic E-state index is 0.301. The van der Waals surface area contributed by atoms with Crippen LogP contribution in [0.4, 0.5) is 5.69 Å². The molecule has 1 unspecified atom stereocenters. The number of halogens is 1. The Bertz CT molecular complexity index is 580. The topological polar surface area (TPSA) is 24.9 Å². The van der Waals surface area contributed by atoms with Crippen molar-refractivity contribution in [3.05, 3.63) is 58.4 Å². The van der Waals surface area contributed by atoms with Gasteiger partial charge in [0.25, 0.3) is 0 Å². The summed E-state index contributed by atoms with van der Waals surface area (Å²) >= 11 is 8.15. The van der Waals surface area contributed by atoms with E-state index < -0.39 is 0 Å². The lowest BCUT2D eigenvalue weighted by atomic mass is 10.0. The molecule has 1 N–H and O–H groups in total. The van der Waals surface area contributed by atoms with Gasteiger partial charge in [-0.25, -0.2) is 4.98 Å². The van der Waals surface area contributed by atoms with Crippen LogP contribution in [-0.2, 0) is 5.75 Å². The molecule has 1 atom stereocenters. The first-order valence-electron chi connectivity index (χ1n) is 6.29. The summed E-state index contributed by atoms with van der Waals surface area (Å²) in [4.78, 5) is 4.16. The second-order valence-electron chi connectivity index (χ2n) is 4.70. The molecule has 2 nitrogen and oxygen atoms in total. The van der Waals surface area contributed by atoms with Crippen molar-refractivity contribution in [2.75, 3.05) is 11.1 Å². The SMILES string of the molecule is Cc1ccnc(Cl)c1NC1CSCc2ccccc21. The van der Waals surface area contributed by atoms with Gasteiger partial charge < -0.3 is 5.32 Å². The van der Waals surface area contributed by atoms with Gasteiger partial charge in [-0.15, -0.1) is 0 Å². The van der Waals surface area contributed by atoms with E-state index in [0.717, 1.165) is 22.8 Å².